The van der Waals surface area contributed by atoms with Gasteiger partial charge in [0.2, 0.25) is 0 Å². The Morgan fingerprint density at radius 2 is 2.31 bits per heavy atom. The first-order chi connectivity index (χ1) is 7.74. The molecule has 4 heteroatoms. The first-order valence-electron chi connectivity index (χ1n) is 5.17. The summed E-state index contributed by atoms with van der Waals surface area (Å²) in [5.41, 5.74) is 0.983. The number of nitriles is 1. The lowest BCUT2D eigenvalue weighted by atomic mass is 10.1. The second-order valence-corrected chi connectivity index (χ2v) is 3.72. The summed E-state index contributed by atoms with van der Waals surface area (Å²) in [6.07, 6.45) is 2.26. The number of hydrogen-bond donors (Lipinski definition) is 1. The normalized spacial score (nSPS) is 14.0. The molecule has 1 aliphatic rings. The van der Waals surface area contributed by atoms with Gasteiger partial charge in [-0.1, -0.05) is 0 Å². The van der Waals surface area contributed by atoms with Crippen LogP contribution in [-0.4, -0.2) is 19.1 Å². The maximum atomic E-state index is 11.4. The van der Waals surface area contributed by atoms with Crippen molar-refractivity contribution in [3.05, 3.63) is 29.3 Å². The Balaban J connectivity index is 2.30. The number of benzene rings is 1. The van der Waals surface area contributed by atoms with Gasteiger partial charge in [0.15, 0.2) is 0 Å². The van der Waals surface area contributed by atoms with Crippen molar-refractivity contribution in [2.75, 3.05) is 7.05 Å². The topological polar surface area (TPSA) is 62.1 Å². The fourth-order valence-electron chi connectivity index (χ4n) is 1.36. The fourth-order valence-corrected chi connectivity index (χ4v) is 1.36. The zero-order valence-corrected chi connectivity index (χ0v) is 8.99. The number of carbonyl (C=O) groups is 1. The van der Waals surface area contributed by atoms with Crippen molar-refractivity contribution in [1.29, 1.82) is 5.26 Å². The van der Waals surface area contributed by atoms with Gasteiger partial charge in [0.25, 0.3) is 5.91 Å². The summed E-state index contributed by atoms with van der Waals surface area (Å²) in [4.78, 5) is 11.4. The van der Waals surface area contributed by atoms with Crippen LogP contribution in [0.5, 0.6) is 5.75 Å². The number of carbonyl (C=O) groups excluding carboxylic acids is 1. The summed E-state index contributed by atoms with van der Waals surface area (Å²) in [6.45, 7) is 0. The zero-order valence-electron chi connectivity index (χ0n) is 8.99. The Labute approximate surface area is 93.8 Å². The molecule has 1 aromatic rings. The number of nitrogens with one attached hydrogen (secondary N) is 1. The highest BCUT2D eigenvalue weighted by Crippen LogP contribution is 2.29. The van der Waals surface area contributed by atoms with E-state index in [1.807, 2.05) is 0 Å². The molecule has 1 amide bonds. The molecule has 0 bridgehead atoms. The van der Waals surface area contributed by atoms with Gasteiger partial charge in [-0.05, 0) is 31.0 Å². The van der Waals surface area contributed by atoms with Crippen molar-refractivity contribution in [2.45, 2.75) is 18.9 Å². The number of rotatable bonds is 3. The average Bonchev–Trinajstić information content (AvgIpc) is 3.12. The molecule has 0 atom stereocenters. The van der Waals surface area contributed by atoms with Crippen LogP contribution >= 0.6 is 0 Å². The Kier molecular flexibility index (Phi) is 2.78. The summed E-state index contributed by atoms with van der Waals surface area (Å²) in [5.74, 6) is 0.330. The number of nitrogens with zero attached hydrogens (tertiary/aromatic N) is 1. The maximum Gasteiger partial charge on any atom is 0.251 e. The molecule has 0 aromatic heterocycles. The predicted octanol–water partition coefficient (Wildman–Crippen LogP) is 1.46. The Morgan fingerprint density at radius 3 is 2.88 bits per heavy atom. The van der Waals surface area contributed by atoms with Crippen LogP contribution in [0.3, 0.4) is 0 Å². The lowest BCUT2D eigenvalue weighted by molar-refractivity contribution is 0.0962. The number of amides is 1. The second kappa shape index (κ2) is 4.23. The molecule has 16 heavy (non-hydrogen) atoms. The third kappa shape index (κ3) is 2.14. The molecule has 0 spiro atoms. The molecule has 0 radical (unpaired) electrons. The van der Waals surface area contributed by atoms with Crippen molar-refractivity contribution in [3.63, 3.8) is 0 Å². The highest BCUT2D eigenvalue weighted by molar-refractivity contribution is 5.94. The Hall–Kier alpha value is -2.02. The number of hydrogen-bond acceptors (Lipinski definition) is 3. The molecule has 1 fully saturated rings. The molecule has 82 valence electrons. The van der Waals surface area contributed by atoms with Crippen molar-refractivity contribution < 1.29 is 9.53 Å². The van der Waals surface area contributed by atoms with Gasteiger partial charge in [-0.25, -0.2) is 0 Å². The van der Waals surface area contributed by atoms with Crippen LogP contribution < -0.4 is 10.1 Å². The molecule has 0 unspecified atom stereocenters. The van der Waals surface area contributed by atoms with Crippen LogP contribution in [-0.2, 0) is 0 Å². The van der Waals surface area contributed by atoms with E-state index >= 15 is 0 Å². The summed E-state index contributed by atoms with van der Waals surface area (Å²) in [6, 6.07) is 6.91. The van der Waals surface area contributed by atoms with E-state index in [1.165, 1.54) is 0 Å². The lowest BCUT2D eigenvalue weighted by Gasteiger charge is -2.08. The highest BCUT2D eigenvalue weighted by atomic mass is 16.5. The van der Waals surface area contributed by atoms with Crippen LogP contribution in [0.25, 0.3) is 0 Å². The van der Waals surface area contributed by atoms with Crippen molar-refractivity contribution in [2.24, 2.45) is 0 Å². The average molecular weight is 216 g/mol. The molecule has 1 aliphatic carbocycles. The molecule has 1 aromatic carbocycles. The van der Waals surface area contributed by atoms with Crippen LogP contribution in [0.4, 0.5) is 0 Å². The van der Waals surface area contributed by atoms with E-state index in [1.54, 1.807) is 25.2 Å². The van der Waals surface area contributed by atoms with E-state index in [4.69, 9.17) is 10.00 Å². The van der Waals surface area contributed by atoms with E-state index < -0.39 is 0 Å². The second-order valence-electron chi connectivity index (χ2n) is 3.72. The molecule has 4 nitrogen and oxygen atoms in total. The monoisotopic (exact) mass is 216 g/mol. The molecule has 2 rings (SSSR count). The van der Waals surface area contributed by atoms with Crippen molar-refractivity contribution in [1.82, 2.24) is 5.32 Å². The predicted molar refractivity (Wildman–Crippen MR) is 58.2 cm³/mol. The van der Waals surface area contributed by atoms with Crippen LogP contribution in [0.15, 0.2) is 18.2 Å². The van der Waals surface area contributed by atoms with Crippen LogP contribution in [0.2, 0.25) is 0 Å². The van der Waals surface area contributed by atoms with Gasteiger partial charge in [0.05, 0.1) is 11.7 Å². The molecular formula is C12H12N2O2. The minimum Gasteiger partial charge on any atom is -0.489 e. The van der Waals surface area contributed by atoms with Crippen LogP contribution in [0.1, 0.15) is 28.8 Å². The Bertz CT molecular complexity index is 459. The molecule has 0 heterocycles. The number of ether oxygens (including phenoxy) is 1. The van der Waals surface area contributed by atoms with E-state index in [-0.39, 0.29) is 12.0 Å². The van der Waals surface area contributed by atoms with E-state index in [0.29, 0.717) is 16.9 Å². The SMILES string of the molecule is CNC(=O)c1ccc(C#N)c(OC2CC2)c1. The van der Waals surface area contributed by atoms with Gasteiger partial charge in [-0.3, -0.25) is 4.79 Å². The van der Waals surface area contributed by atoms with Gasteiger partial charge in [0, 0.05) is 12.6 Å². The zero-order chi connectivity index (χ0) is 11.5. The molecule has 0 aliphatic heterocycles. The van der Waals surface area contributed by atoms with Gasteiger partial charge in [-0.15, -0.1) is 0 Å². The van der Waals surface area contributed by atoms with Crippen molar-refractivity contribution >= 4 is 5.91 Å². The van der Waals surface area contributed by atoms with E-state index in [2.05, 4.69) is 11.4 Å². The van der Waals surface area contributed by atoms with Gasteiger partial charge < -0.3 is 10.1 Å². The highest BCUT2D eigenvalue weighted by Gasteiger charge is 2.25. The molecular weight excluding hydrogens is 204 g/mol. The quantitative estimate of drug-likeness (QED) is 0.832. The van der Waals surface area contributed by atoms with Gasteiger partial charge in [-0.2, -0.15) is 5.26 Å². The first kappa shape index (κ1) is 10.5. The maximum absolute atomic E-state index is 11.4. The van der Waals surface area contributed by atoms with Crippen LogP contribution in [0, 0.1) is 11.3 Å². The summed E-state index contributed by atoms with van der Waals surface area (Å²) < 4.78 is 5.58. The minimum atomic E-state index is -0.176. The smallest absolute Gasteiger partial charge is 0.251 e. The third-order valence-corrected chi connectivity index (χ3v) is 2.41. The summed E-state index contributed by atoms with van der Waals surface area (Å²) >= 11 is 0. The molecule has 1 saturated carbocycles. The summed E-state index contributed by atoms with van der Waals surface area (Å²) in [7, 11) is 1.57. The fraction of sp³-hybridized carbons (Fsp3) is 0.333. The largest absolute Gasteiger partial charge is 0.489 e. The Morgan fingerprint density at radius 1 is 1.56 bits per heavy atom. The molecule has 1 N–H and O–H groups in total. The first-order valence-corrected chi connectivity index (χ1v) is 5.17. The standard InChI is InChI=1S/C12H12N2O2/c1-14-12(15)8-2-3-9(7-13)11(6-8)16-10-4-5-10/h2-3,6,10H,4-5H2,1H3,(H,14,15). The lowest BCUT2D eigenvalue weighted by Crippen LogP contribution is -2.17. The van der Waals surface area contributed by atoms with E-state index in [0.717, 1.165) is 12.8 Å². The van der Waals surface area contributed by atoms with Gasteiger partial charge >= 0.3 is 0 Å². The van der Waals surface area contributed by atoms with Gasteiger partial charge in [0.1, 0.15) is 11.8 Å². The van der Waals surface area contributed by atoms with Crippen molar-refractivity contribution in [3.8, 4) is 11.8 Å². The third-order valence-electron chi connectivity index (χ3n) is 2.41. The summed E-state index contributed by atoms with van der Waals surface area (Å²) in [5, 5.41) is 11.4. The minimum absolute atomic E-state index is 0.176. The molecule has 0 saturated heterocycles. The van der Waals surface area contributed by atoms with E-state index in [9.17, 15) is 4.79 Å².